The first kappa shape index (κ1) is 16.3. The van der Waals surface area contributed by atoms with Crippen LogP contribution in [0, 0.1) is 3.57 Å². The fourth-order valence-electron chi connectivity index (χ4n) is 2.07. The van der Waals surface area contributed by atoms with Crippen LogP contribution in [0.1, 0.15) is 57.6 Å². The van der Waals surface area contributed by atoms with Gasteiger partial charge in [-0.3, -0.25) is 0 Å². The predicted octanol–water partition coefficient (Wildman–Crippen LogP) is 5.57. The van der Waals surface area contributed by atoms with Crippen LogP contribution in [0.15, 0.2) is 18.2 Å². The van der Waals surface area contributed by atoms with Crippen molar-refractivity contribution in [3.05, 3.63) is 32.4 Å². The number of unbranched alkanes of at least 4 members (excludes halogenated alkanes) is 2. The number of hydrogen-bond acceptors (Lipinski definition) is 1. The molecule has 1 unspecified atom stereocenters. The van der Waals surface area contributed by atoms with Crippen LogP contribution < -0.4 is 5.32 Å². The second-order valence-electron chi connectivity index (χ2n) is 4.67. The van der Waals surface area contributed by atoms with E-state index in [0.717, 1.165) is 11.6 Å². The van der Waals surface area contributed by atoms with E-state index in [0.29, 0.717) is 6.04 Å². The van der Waals surface area contributed by atoms with Crippen molar-refractivity contribution in [3.63, 3.8) is 0 Å². The Hall–Kier alpha value is 0.200. The summed E-state index contributed by atoms with van der Waals surface area (Å²) in [6, 6.07) is 6.64. The zero-order valence-electron chi connectivity index (χ0n) is 11.3. The first-order valence-electron chi connectivity index (χ1n) is 6.87. The molecule has 1 rings (SSSR count). The lowest BCUT2D eigenvalue weighted by Gasteiger charge is -2.20. The Kier molecular flexibility index (Phi) is 8.27. The molecule has 0 amide bonds. The van der Waals surface area contributed by atoms with Crippen LogP contribution in [0.2, 0.25) is 5.02 Å². The molecule has 1 aromatic rings. The van der Waals surface area contributed by atoms with Crippen molar-refractivity contribution in [1.29, 1.82) is 0 Å². The highest BCUT2D eigenvalue weighted by Gasteiger charge is 2.13. The molecule has 0 fully saturated rings. The molecule has 18 heavy (non-hydrogen) atoms. The van der Waals surface area contributed by atoms with Gasteiger partial charge in [0, 0.05) is 14.6 Å². The highest BCUT2D eigenvalue weighted by atomic mass is 127. The van der Waals surface area contributed by atoms with E-state index in [2.05, 4.69) is 53.9 Å². The number of hydrogen-bond donors (Lipinski definition) is 1. The standard InChI is InChI=1S/C15H23ClIN/c1-3-5-6-7-15(18-10-4-2)13-11-12(16)8-9-14(13)17/h8-9,11,15,18H,3-7,10H2,1-2H3. The second kappa shape index (κ2) is 9.16. The molecule has 1 nitrogen and oxygen atoms in total. The molecule has 1 atom stereocenters. The summed E-state index contributed by atoms with van der Waals surface area (Å²) in [5.41, 5.74) is 1.35. The highest BCUT2D eigenvalue weighted by Crippen LogP contribution is 2.27. The Bertz CT molecular complexity index is 354. The van der Waals surface area contributed by atoms with Crippen LogP contribution in [0.25, 0.3) is 0 Å². The normalized spacial score (nSPS) is 12.7. The SMILES string of the molecule is CCCCCC(NCCC)c1cc(Cl)ccc1I. The summed E-state index contributed by atoms with van der Waals surface area (Å²) in [7, 11) is 0. The first-order chi connectivity index (χ1) is 8.69. The molecular weight excluding hydrogens is 357 g/mol. The van der Waals surface area contributed by atoms with E-state index < -0.39 is 0 Å². The lowest BCUT2D eigenvalue weighted by Crippen LogP contribution is -2.23. The molecule has 1 N–H and O–H groups in total. The summed E-state index contributed by atoms with van der Waals surface area (Å²) >= 11 is 8.53. The summed E-state index contributed by atoms with van der Waals surface area (Å²) < 4.78 is 1.31. The Balaban J connectivity index is 2.75. The molecular formula is C15H23ClIN. The third-order valence-corrected chi connectivity index (χ3v) is 4.29. The van der Waals surface area contributed by atoms with Crippen LogP contribution in [0.3, 0.4) is 0 Å². The van der Waals surface area contributed by atoms with E-state index in [9.17, 15) is 0 Å². The molecule has 0 bridgehead atoms. The first-order valence-corrected chi connectivity index (χ1v) is 8.33. The van der Waals surface area contributed by atoms with Crippen LogP contribution in [0.5, 0.6) is 0 Å². The van der Waals surface area contributed by atoms with Crippen molar-refractivity contribution in [1.82, 2.24) is 5.32 Å². The average Bonchev–Trinajstić information content (AvgIpc) is 2.37. The Morgan fingerprint density at radius 3 is 2.67 bits per heavy atom. The molecule has 0 aromatic heterocycles. The molecule has 0 heterocycles. The average molecular weight is 380 g/mol. The fourth-order valence-corrected chi connectivity index (χ4v) is 2.96. The van der Waals surface area contributed by atoms with Crippen molar-refractivity contribution in [2.24, 2.45) is 0 Å². The van der Waals surface area contributed by atoms with Gasteiger partial charge in [-0.2, -0.15) is 0 Å². The van der Waals surface area contributed by atoms with Gasteiger partial charge >= 0.3 is 0 Å². The molecule has 102 valence electrons. The maximum Gasteiger partial charge on any atom is 0.0410 e. The van der Waals surface area contributed by atoms with E-state index in [1.165, 1.54) is 41.2 Å². The van der Waals surface area contributed by atoms with Gasteiger partial charge in [-0.15, -0.1) is 0 Å². The minimum atomic E-state index is 0.446. The summed E-state index contributed by atoms with van der Waals surface area (Å²) in [4.78, 5) is 0. The third-order valence-electron chi connectivity index (χ3n) is 3.07. The van der Waals surface area contributed by atoms with E-state index in [1.54, 1.807) is 0 Å². The predicted molar refractivity (Wildman–Crippen MR) is 89.3 cm³/mol. The summed E-state index contributed by atoms with van der Waals surface area (Å²) in [5, 5.41) is 4.49. The minimum absolute atomic E-state index is 0.446. The topological polar surface area (TPSA) is 12.0 Å². The van der Waals surface area contributed by atoms with Gasteiger partial charge in [0.2, 0.25) is 0 Å². The van der Waals surface area contributed by atoms with Crippen molar-refractivity contribution in [2.75, 3.05) is 6.54 Å². The van der Waals surface area contributed by atoms with Gasteiger partial charge in [0.25, 0.3) is 0 Å². The van der Waals surface area contributed by atoms with Gasteiger partial charge in [-0.25, -0.2) is 0 Å². The maximum atomic E-state index is 6.13. The summed E-state index contributed by atoms with van der Waals surface area (Å²) in [5.74, 6) is 0. The van der Waals surface area contributed by atoms with Crippen molar-refractivity contribution < 1.29 is 0 Å². The van der Waals surface area contributed by atoms with Crippen LogP contribution in [0.4, 0.5) is 0 Å². The van der Waals surface area contributed by atoms with Gasteiger partial charge in [0.05, 0.1) is 0 Å². The Morgan fingerprint density at radius 1 is 1.22 bits per heavy atom. The van der Waals surface area contributed by atoms with Crippen molar-refractivity contribution in [2.45, 2.75) is 52.0 Å². The number of rotatable bonds is 8. The number of nitrogens with one attached hydrogen (secondary N) is 1. The summed E-state index contributed by atoms with van der Waals surface area (Å²) in [6.45, 7) is 5.52. The molecule has 0 spiro atoms. The summed E-state index contributed by atoms with van der Waals surface area (Å²) in [6.07, 6.45) is 6.22. The molecule has 0 saturated heterocycles. The van der Waals surface area contributed by atoms with Gasteiger partial charge in [0.1, 0.15) is 0 Å². The van der Waals surface area contributed by atoms with E-state index in [1.807, 2.05) is 6.07 Å². The minimum Gasteiger partial charge on any atom is -0.310 e. The van der Waals surface area contributed by atoms with Crippen molar-refractivity contribution in [3.8, 4) is 0 Å². The van der Waals surface area contributed by atoms with E-state index in [-0.39, 0.29) is 0 Å². The smallest absolute Gasteiger partial charge is 0.0410 e. The largest absolute Gasteiger partial charge is 0.310 e. The Morgan fingerprint density at radius 2 is 2.00 bits per heavy atom. The van der Waals surface area contributed by atoms with Crippen LogP contribution >= 0.6 is 34.2 Å². The molecule has 0 aliphatic heterocycles. The molecule has 0 saturated carbocycles. The quantitative estimate of drug-likeness (QED) is 0.460. The van der Waals surface area contributed by atoms with Crippen LogP contribution in [-0.2, 0) is 0 Å². The molecule has 3 heteroatoms. The third kappa shape index (κ3) is 5.45. The molecule has 0 aliphatic carbocycles. The zero-order valence-corrected chi connectivity index (χ0v) is 14.2. The lowest BCUT2D eigenvalue weighted by atomic mass is 10.0. The van der Waals surface area contributed by atoms with E-state index in [4.69, 9.17) is 11.6 Å². The van der Waals surface area contributed by atoms with Gasteiger partial charge in [-0.05, 0) is 65.7 Å². The molecule has 0 radical (unpaired) electrons. The monoisotopic (exact) mass is 379 g/mol. The fraction of sp³-hybridized carbons (Fsp3) is 0.600. The second-order valence-corrected chi connectivity index (χ2v) is 6.27. The zero-order chi connectivity index (χ0) is 13.4. The van der Waals surface area contributed by atoms with Crippen molar-refractivity contribution >= 4 is 34.2 Å². The van der Waals surface area contributed by atoms with Gasteiger partial charge in [-0.1, -0.05) is 44.7 Å². The van der Waals surface area contributed by atoms with Gasteiger partial charge in [0.15, 0.2) is 0 Å². The number of benzene rings is 1. The molecule has 0 aliphatic rings. The maximum absolute atomic E-state index is 6.13. The highest BCUT2D eigenvalue weighted by molar-refractivity contribution is 14.1. The molecule has 1 aromatic carbocycles. The lowest BCUT2D eigenvalue weighted by molar-refractivity contribution is 0.473. The van der Waals surface area contributed by atoms with Gasteiger partial charge < -0.3 is 5.32 Å². The number of halogens is 2. The van der Waals surface area contributed by atoms with Crippen LogP contribution in [-0.4, -0.2) is 6.54 Å². The Labute approximate surface area is 130 Å². The van der Waals surface area contributed by atoms with E-state index >= 15 is 0 Å².